The molecule has 0 saturated heterocycles. The van der Waals surface area contributed by atoms with Gasteiger partial charge in [-0.05, 0) is 67.6 Å². The molecule has 0 amide bonds. The second-order valence-electron chi connectivity index (χ2n) is 4.99. The van der Waals surface area contributed by atoms with Gasteiger partial charge in [-0.3, -0.25) is 0 Å². The van der Waals surface area contributed by atoms with Crippen LogP contribution in [0.4, 0.5) is 4.39 Å². The second-order valence-corrected chi connectivity index (χ2v) is 4.99. The summed E-state index contributed by atoms with van der Waals surface area (Å²) in [5.74, 6) is 5.90. The second kappa shape index (κ2) is 8.07. The van der Waals surface area contributed by atoms with Crippen molar-refractivity contribution in [2.45, 2.75) is 25.7 Å². The molecular weight excluding hydrogens is 259 g/mol. The van der Waals surface area contributed by atoms with Crippen LogP contribution in [0.15, 0.2) is 61.2 Å². The first kappa shape index (κ1) is 15.1. The minimum Gasteiger partial charge on any atom is -0.207 e. The Morgan fingerprint density at radius 1 is 0.857 bits per heavy atom. The zero-order valence-corrected chi connectivity index (χ0v) is 12.1. The van der Waals surface area contributed by atoms with E-state index in [2.05, 4.69) is 30.6 Å². The molecule has 0 spiro atoms. The highest BCUT2D eigenvalue weighted by molar-refractivity contribution is 5.43. The lowest BCUT2D eigenvalue weighted by atomic mass is 10.1. The summed E-state index contributed by atoms with van der Waals surface area (Å²) < 4.78 is 12.8. The number of rotatable bonds is 5. The highest BCUT2D eigenvalue weighted by atomic mass is 19.1. The third kappa shape index (κ3) is 5.28. The molecule has 0 heterocycles. The van der Waals surface area contributed by atoms with Crippen LogP contribution in [0.25, 0.3) is 0 Å². The SMILES string of the molecule is C=CCCCCc1ccc(C#Cc2ccc(F)cc2)cc1. The van der Waals surface area contributed by atoms with Crippen molar-refractivity contribution in [2.75, 3.05) is 0 Å². The first-order valence-electron chi connectivity index (χ1n) is 7.25. The van der Waals surface area contributed by atoms with Crippen molar-refractivity contribution in [2.24, 2.45) is 0 Å². The smallest absolute Gasteiger partial charge is 0.123 e. The van der Waals surface area contributed by atoms with E-state index in [4.69, 9.17) is 0 Å². The Bertz CT molecular complexity index is 624. The minimum atomic E-state index is -0.235. The average molecular weight is 278 g/mol. The lowest BCUT2D eigenvalue weighted by molar-refractivity contribution is 0.627. The molecule has 0 nitrogen and oxygen atoms in total. The highest BCUT2D eigenvalue weighted by Crippen LogP contribution is 2.09. The Hall–Kier alpha value is -2.33. The molecule has 0 aliphatic carbocycles. The number of allylic oxidation sites excluding steroid dienone is 1. The molecule has 0 radical (unpaired) electrons. The molecule has 0 aliphatic heterocycles. The molecule has 0 N–H and O–H groups in total. The van der Waals surface area contributed by atoms with Crippen molar-refractivity contribution in [1.29, 1.82) is 0 Å². The maximum absolute atomic E-state index is 12.8. The van der Waals surface area contributed by atoms with E-state index in [1.54, 1.807) is 12.1 Å². The molecular formula is C20H19F. The van der Waals surface area contributed by atoms with E-state index in [0.29, 0.717) is 0 Å². The van der Waals surface area contributed by atoms with Gasteiger partial charge in [0, 0.05) is 11.1 Å². The first-order chi connectivity index (χ1) is 10.3. The van der Waals surface area contributed by atoms with Crippen molar-refractivity contribution in [3.05, 3.63) is 83.7 Å². The molecule has 1 heteroatoms. The number of benzene rings is 2. The van der Waals surface area contributed by atoms with E-state index >= 15 is 0 Å². The lowest BCUT2D eigenvalue weighted by Gasteiger charge is -2.00. The molecule has 0 unspecified atom stereocenters. The molecule has 0 atom stereocenters. The molecule has 0 aromatic heterocycles. The summed E-state index contributed by atoms with van der Waals surface area (Å²) in [5, 5.41) is 0. The van der Waals surface area contributed by atoms with Crippen molar-refractivity contribution in [3.63, 3.8) is 0 Å². The topological polar surface area (TPSA) is 0 Å². The van der Waals surface area contributed by atoms with Crippen LogP contribution in [-0.4, -0.2) is 0 Å². The van der Waals surface area contributed by atoms with Crippen LogP contribution in [0, 0.1) is 17.7 Å². The standard InChI is InChI=1S/C20H19F/c1-2-3-4-5-6-17-7-9-18(10-8-17)11-12-19-13-15-20(21)16-14-19/h2,7-10,13-16H,1,3-6H2. The molecule has 21 heavy (non-hydrogen) atoms. The summed E-state index contributed by atoms with van der Waals surface area (Å²) in [6, 6.07) is 14.6. The summed E-state index contributed by atoms with van der Waals surface area (Å²) in [6.45, 7) is 3.73. The van der Waals surface area contributed by atoms with E-state index in [9.17, 15) is 4.39 Å². The fourth-order valence-corrected chi connectivity index (χ4v) is 2.05. The highest BCUT2D eigenvalue weighted by Gasteiger charge is 1.94. The van der Waals surface area contributed by atoms with Gasteiger partial charge in [-0.15, -0.1) is 6.58 Å². The van der Waals surface area contributed by atoms with Crippen LogP contribution in [0.5, 0.6) is 0 Å². The van der Waals surface area contributed by atoms with Crippen LogP contribution >= 0.6 is 0 Å². The van der Waals surface area contributed by atoms with E-state index < -0.39 is 0 Å². The largest absolute Gasteiger partial charge is 0.207 e. The van der Waals surface area contributed by atoms with E-state index in [0.717, 1.165) is 24.0 Å². The van der Waals surface area contributed by atoms with E-state index in [-0.39, 0.29) is 5.82 Å². The molecule has 106 valence electrons. The molecule has 0 aliphatic rings. The fourth-order valence-electron chi connectivity index (χ4n) is 2.05. The number of halogens is 1. The summed E-state index contributed by atoms with van der Waals surface area (Å²) in [7, 11) is 0. The number of hydrogen-bond donors (Lipinski definition) is 0. The Labute approximate surface area is 126 Å². The van der Waals surface area contributed by atoms with Gasteiger partial charge in [-0.25, -0.2) is 4.39 Å². The molecule has 0 bridgehead atoms. The Morgan fingerprint density at radius 2 is 1.43 bits per heavy atom. The quantitative estimate of drug-likeness (QED) is 0.404. The fraction of sp³-hybridized carbons (Fsp3) is 0.200. The van der Waals surface area contributed by atoms with Crippen LogP contribution in [-0.2, 0) is 6.42 Å². The van der Waals surface area contributed by atoms with Crippen LogP contribution in [0.3, 0.4) is 0 Å². The lowest BCUT2D eigenvalue weighted by Crippen LogP contribution is -1.86. The third-order valence-electron chi connectivity index (χ3n) is 3.27. The van der Waals surface area contributed by atoms with Gasteiger partial charge >= 0.3 is 0 Å². The Morgan fingerprint density at radius 3 is 2.00 bits per heavy atom. The van der Waals surface area contributed by atoms with Crippen molar-refractivity contribution in [1.82, 2.24) is 0 Å². The van der Waals surface area contributed by atoms with Gasteiger partial charge in [-0.1, -0.05) is 30.0 Å². The normalized spacial score (nSPS) is 9.76. The van der Waals surface area contributed by atoms with E-state index in [1.165, 1.54) is 30.5 Å². The van der Waals surface area contributed by atoms with Crippen LogP contribution < -0.4 is 0 Å². The predicted molar refractivity (Wildman–Crippen MR) is 86.6 cm³/mol. The average Bonchev–Trinajstić information content (AvgIpc) is 2.52. The molecule has 0 saturated carbocycles. The zero-order chi connectivity index (χ0) is 14.9. The van der Waals surface area contributed by atoms with Crippen LogP contribution in [0.2, 0.25) is 0 Å². The molecule has 0 fully saturated rings. The maximum atomic E-state index is 12.8. The van der Waals surface area contributed by atoms with Crippen molar-refractivity contribution in [3.8, 4) is 11.8 Å². The van der Waals surface area contributed by atoms with E-state index in [1.807, 2.05) is 18.2 Å². The number of aryl methyl sites for hydroxylation is 1. The summed E-state index contributed by atoms with van der Waals surface area (Å²) in [4.78, 5) is 0. The monoisotopic (exact) mass is 278 g/mol. The van der Waals surface area contributed by atoms with Gasteiger partial charge in [-0.2, -0.15) is 0 Å². The number of unbranched alkanes of at least 4 members (excludes halogenated alkanes) is 2. The first-order valence-corrected chi connectivity index (χ1v) is 7.25. The van der Waals surface area contributed by atoms with Gasteiger partial charge in [0.15, 0.2) is 0 Å². The Kier molecular flexibility index (Phi) is 5.79. The number of hydrogen-bond acceptors (Lipinski definition) is 0. The summed E-state index contributed by atoms with van der Waals surface area (Å²) in [5.41, 5.74) is 3.14. The third-order valence-corrected chi connectivity index (χ3v) is 3.27. The van der Waals surface area contributed by atoms with Gasteiger partial charge in [0.05, 0.1) is 0 Å². The maximum Gasteiger partial charge on any atom is 0.123 e. The summed E-state index contributed by atoms with van der Waals surface area (Å²) in [6.07, 6.45) is 6.52. The van der Waals surface area contributed by atoms with Crippen molar-refractivity contribution < 1.29 is 4.39 Å². The molecule has 2 aromatic rings. The van der Waals surface area contributed by atoms with Gasteiger partial charge in [0.1, 0.15) is 5.82 Å². The van der Waals surface area contributed by atoms with Crippen LogP contribution in [0.1, 0.15) is 36.0 Å². The molecule has 2 aromatic carbocycles. The predicted octanol–water partition coefficient (Wildman–Crippen LogP) is 5.12. The molecule has 2 rings (SSSR count). The minimum absolute atomic E-state index is 0.235. The zero-order valence-electron chi connectivity index (χ0n) is 12.1. The van der Waals surface area contributed by atoms with Gasteiger partial charge in [0.2, 0.25) is 0 Å². The van der Waals surface area contributed by atoms with Gasteiger partial charge < -0.3 is 0 Å². The van der Waals surface area contributed by atoms with Gasteiger partial charge in [0.25, 0.3) is 0 Å². The summed E-state index contributed by atoms with van der Waals surface area (Å²) >= 11 is 0. The van der Waals surface area contributed by atoms with Crippen molar-refractivity contribution >= 4 is 0 Å². The Balaban J connectivity index is 1.93.